The predicted molar refractivity (Wildman–Crippen MR) is 119 cm³/mol. The minimum atomic E-state index is -1.27. The van der Waals surface area contributed by atoms with E-state index in [2.05, 4.69) is 15.6 Å². The largest absolute Gasteiger partial charge is 0.490 e. The van der Waals surface area contributed by atoms with Crippen LogP contribution in [-0.2, 0) is 32.9 Å². The minimum Gasteiger partial charge on any atom is -0.490 e. The van der Waals surface area contributed by atoms with E-state index in [1.807, 2.05) is 6.92 Å². The topological polar surface area (TPSA) is 116 Å². The van der Waals surface area contributed by atoms with Crippen molar-refractivity contribution in [1.29, 1.82) is 0 Å². The Kier molecular flexibility index (Phi) is 7.57. The fraction of sp³-hybridized carbons (Fsp3) is 0.583. The fourth-order valence-electron chi connectivity index (χ4n) is 4.01. The van der Waals surface area contributed by atoms with E-state index in [4.69, 9.17) is 9.47 Å². The number of hydrogen-bond acceptors (Lipinski definition) is 7. The molecule has 2 aliphatic rings. The Morgan fingerprint density at radius 3 is 2.88 bits per heavy atom. The predicted octanol–water partition coefficient (Wildman–Crippen LogP) is 2.26. The summed E-state index contributed by atoms with van der Waals surface area (Å²) in [5, 5.41) is 21.9. The molecule has 0 bridgehead atoms. The van der Waals surface area contributed by atoms with Crippen LogP contribution in [0.15, 0.2) is 24.4 Å². The lowest BCUT2D eigenvalue weighted by Gasteiger charge is -2.28. The SMILES string of the molecule is CC[C@@](O)(Cn1nncc1CCCCC1OCC(=O)NC1=O)c1ccc(F)c(OCC2CC2)c1. The second kappa shape index (κ2) is 10.6. The van der Waals surface area contributed by atoms with E-state index >= 15 is 0 Å². The molecular formula is C24H31FN4O5. The summed E-state index contributed by atoms with van der Waals surface area (Å²) < 4.78 is 26.8. The van der Waals surface area contributed by atoms with Gasteiger partial charge in [0, 0.05) is 0 Å². The van der Waals surface area contributed by atoms with Crippen LogP contribution in [0.4, 0.5) is 4.39 Å². The van der Waals surface area contributed by atoms with Crippen LogP contribution in [0.2, 0.25) is 0 Å². The van der Waals surface area contributed by atoms with E-state index in [9.17, 15) is 19.1 Å². The summed E-state index contributed by atoms with van der Waals surface area (Å²) in [7, 11) is 0. The van der Waals surface area contributed by atoms with E-state index < -0.39 is 29.3 Å². The van der Waals surface area contributed by atoms with Gasteiger partial charge in [-0.2, -0.15) is 0 Å². The first kappa shape index (κ1) is 24.3. The molecule has 2 atom stereocenters. The lowest BCUT2D eigenvalue weighted by Crippen LogP contribution is -2.48. The van der Waals surface area contributed by atoms with E-state index in [0.29, 0.717) is 37.4 Å². The van der Waals surface area contributed by atoms with Gasteiger partial charge in [0.05, 0.1) is 25.0 Å². The Bertz CT molecular complexity index is 1020. The van der Waals surface area contributed by atoms with Gasteiger partial charge >= 0.3 is 0 Å². The zero-order valence-corrected chi connectivity index (χ0v) is 19.3. The van der Waals surface area contributed by atoms with Crippen LogP contribution >= 0.6 is 0 Å². The third kappa shape index (κ3) is 5.98. The van der Waals surface area contributed by atoms with Crippen LogP contribution in [-0.4, -0.2) is 51.2 Å². The number of aliphatic hydroxyl groups is 1. The van der Waals surface area contributed by atoms with Crippen LogP contribution in [0.1, 0.15) is 56.7 Å². The van der Waals surface area contributed by atoms with Gasteiger partial charge in [-0.1, -0.05) is 18.2 Å². The molecule has 2 N–H and O–H groups in total. The number of carbonyl (C=O) groups excluding carboxylic acids is 2. The van der Waals surface area contributed by atoms with Gasteiger partial charge in [0.25, 0.3) is 11.8 Å². The second-order valence-corrected chi connectivity index (χ2v) is 9.13. The van der Waals surface area contributed by atoms with Crippen molar-refractivity contribution in [3.63, 3.8) is 0 Å². The van der Waals surface area contributed by atoms with Crippen LogP contribution in [0, 0.1) is 11.7 Å². The van der Waals surface area contributed by atoms with E-state index in [0.717, 1.165) is 31.4 Å². The van der Waals surface area contributed by atoms with E-state index in [1.54, 1.807) is 23.0 Å². The molecule has 2 fully saturated rings. The lowest BCUT2D eigenvalue weighted by molar-refractivity contribution is -0.150. The molecule has 0 radical (unpaired) electrons. The van der Waals surface area contributed by atoms with Gasteiger partial charge in [-0.15, -0.1) is 5.10 Å². The molecule has 184 valence electrons. The number of amides is 2. The Labute approximate surface area is 197 Å². The summed E-state index contributed by atoms with van der Waals surface area (Å²) in [6, 6.07) is 4.49. The number of ether oxygens (including phenoxy) is 2. The number of halogens is 1. The molecule has 1 aromatic heterocycles. The van der Waals surface area contributed by atoms with Gasteiger partial charge in [-0.3, -0.25) is 14.9 Å². The Morgan fingerprint density at radius 1 is 1.32 bits per heavy atom. The third-order valence-electron chi connectivity index (χ3n) is 6.45. The summed E-state index contributed by atoms with van der Waals surface area (Å²) in [5.74, 6) is -0.597. The third-order valence-corrected chi connectivity index (χ3v) is 6.45. The van der Waals surface area contributed by atoms with Crippen molar-refractivity contribution in [2.45, 2.75) is 70.1 Å². The van der Waals surface area contributed by atoms with Gasteiger partial charge in [-0.25, -0.2) is 9.07 Å². The number of aryl methyl sites for hydroxylation is 1. The number of rotatable bonds is 12. The van der Waals surface area contributed by atoms with E-state index in [-0.39, 0.29) is 18.9 Å². The lowest BCUT2D eigenvalue weighted by atomic mass is 9.90. The van der Waals surface area contributed by atoms with Crippen molar-refractivity contribution < 1.29 is 28.6 Å². The second-order valence-electron chi connectivity index (χ2n) is 9.13. The molecule has 34 heavy (non-hydrogen) atoms. The highest BCUT2D eigenvalue weighted by molar-refractivity contribution is 5.99. The average Bonchev–Trinajstić information content (AvgIpc) is 3.55. The van der Waals surface area contributed by atoms with Crippen molar-refractivity contribution in [3.8, 4) is 5.75 Å². The van der Waals surface area contributed by atoms with Gasteiger partial charge in [0.15, 0.2) is 11.6 Å². The molecule has 2 aromatic rings. The maximum Gasteiger partial charge on any atom is 0.255 e. The van der Waals surface area contributed by atoms with Gasteiger partial charge in [-0.05, 0) is 68.6 Å². The highest BCUT2D eigenvalue weighted by atomic mass is 19.1. The van der Waals surface area contributed by atoms with Crippen LogP contribution in [0.5, 0.6) is 5.75 Å². The molecule has 1 aliphatic carbocycles. The highest BCUT2D eigenvalue weighted by Crippen LogP contribution is 2.33. The molecule has 4 rings (SSSR count). The molecule has 0 spiro atoms. The monoisotopic (exact) mass is 474 g/mol. The summed E-state index contributed by atoms with van der Waals surface area (Å²) >= 11 is 0. The number of carbonyl (C=O) groups is 2. The van der Waals surface area contributed by atoms with Crippen molar-refractivity contribution >= 4 is 11.8 Å². The first-order valence-electron chi connectivity index (χ1n) is 11.9. The van der Waals surface area contributed by atoms with Crippen molar-refractivity contribution in [1.82, 2.24) is 20.3 Å². The molecule has 10 heteroatoms. The molecule has 1 saturated carbocycles. The smallest absolute Gasteiger partial charge is 0.255 e. The summed E-state index contributed by atoms with van der Waals surface area (Å²) in [6.07, 6.45) is 6.30. The Morgan fingerprint density at radius 2 is 2.15 bits per heavy atom. The van der Waals surface area contributed by atoms with Gasteiger partial charge in [0.2, 0.25) is 0 Å². The Hall–Kier alpha value is -2.85. The molecule has 1 aliphatic heterocycles. The number of nitrogens with zero attached hydrogens (tertiary/aromatic N) is 3. The number of aromatic nitrogens is 3. The standard InChI is InChI=1S/C24H31FN4O5/c1-2-24(32,17-9-10-19(25)21(11-17)33-13-16-7-8-16)15-29-18(12-26-28-29)5-3-4-6-20-23(31)27-22(30)14-34-20/h9-12,16,20,32H,2-8,13-15H2,1H3,(H,27,30,31)/t20?,24-/m1/s1. The first-order chi connectivity index (χ1) is 16.4. The normalized spacial score (nSPS) is 20.1. The zero-order valence-electron chi connectivity index (χ0n) is 19.3. The molecule has 2 heterocycles. The first-order valence-corrected chi connectivity index (χ1v) is 11.9. The minimum absolute atomic E-state index is 0.0978. The highest BCUT2D eigenvalue weighted by Gasteiger charge is 2.31. The molecule has 1 saturated heterocycles. The van der Waals surface area contributed by atoms with Crippen LogP contribution < -0.4 is 10.1 Å². The maximum absolute atomic E-state index is 14.2. The van der Waals surface area contributed by atoms with Gasteiger partial charge in [0.1, 0.15) is 18.3 Å². The number of benzene rings is 1. The van der Waals surface area contributed by atoms with Crippen molar-refractivity contribution in [3.05, 3.63) is 41.5 Å². The summed E-state index contributed by atoms with van der Waals surface area (Å²) in [4.78, 5) is 22.9. The van der Waals surface area contributed by atoms with Crippen LogP contribution in [0.25, 0.3) is 0 Å². The number of morpholine rings is 1. The zero-order chi connectivity index (χ0) is 24.1. The fourth-order valence-corrected chi connectivity index (χ4v) is 4.01. The van der Waals surface area contributed by atoms with Crippen molar-refractivity contribution in [2.24, 2.45) is 5.92 Å². The van der Waals surface area contributed by atoms with Gasteiger partial charge < -0.3 is 14.6 Å². The summed E-state index contributed by atoms with van der Waals surface area (Å²) in [6.45, 7) is 2.43. The number of hydrogen-bond donors (Lipinski definition) is 2. The maximum atomic E-state index is 14.2. The van der Waals surface area contributed by atoms with E-state index in [1.165, 1.54) is 6.07 Å². The van der Waals surface area contributed by atoms with Crippen LogP contribution in [0.3, 0.4) is 0 Å². The average molecular weight is 475 g/mol. The Balaban J connectivity index is 1.35. The molecule has 9 nitrogen and oxygen atoms in total. The number of imide groups is 1. The summed E-state index contributed by atoms with van der Waals surface area (Å²) in [5.41, 5.74) is 0.149. The number of unbranched alkanes of at least 4 members (excludes halogenated alkanes) is 1. The molecule has 1 aromatic carbocycles. The molecule has 2 amide bonds. The molecular weight excluding hydrogens is 443 g/mol. The molecule has 1 unspecified atom stereocenters. The quantitative estimate of drug-likeness (QED) is 0.358. The number of nitrogens with one attached hydrogen (secondary N) is 1. The van der Waals surface area contributed by atoms with Crippen molar-refractivity contribution in [2.75, 3.05) is 13.2 Å².